The van der Waals surface area contributed by atoms with Crippen molar-refractivity contribution in [1.29, 1.82) is 0 Å². The van der Waals surface area contributed by atoms with Crippen molar-refractivity contribution in [1.82, 2.24) is 0 Å². The van der Waals surface area contributed by atoms with Crippen molar-refractivity contribution < 1.29 is 38.7 Å². The fourth-order valence-electron chi connectivity index (χ4n) is 9.79. The Morgan fingerprint density at radius 3 is 2.60 bits per heavy atom. The van der Waals surface area contributed by atoms with Crippen molar-refractivity contribution in [2.24, 2.45) is 23.2 Å². The molecule has 47 heavy (non-hydrogen) atoms. The third kappa shape index (κ3) is 4.74. The van der Waals surface area contributed by atoms with E-state index in [1.807, 2.05) is 31.2 Å². The van der Waals surface area contributed by atoms with Crippen LogP contribution in [0.15, 0.2) is 84.0 Å². The second-order valence-corrected chi connectivity index (χ2v) is 14.4. The molecule has 2 aromatic rings. The third-order valence-electron chi connectivity index (χ3n) is 11.7. The molecule has 2 heterocycles. The maximum Gasteiger partial charge on any atom is 0.310 e. The van der Waals surface area contributed by atoms with Gasteiger partial charge in [-0.1, -0.05) is 68.5 Å². The van der Waals surface area contributed by atoms with E-state index in [1.165, 1.54) is 13.2 Å². The average Bonchev–Trinajstić information content (AvgIpc) is 3.35. The van der Waals surface area contributed by atoms with Crippen molar-refractivity contribution in [2.45, 2.75) is 82.4 Å². The quantitative estimate of drug-likeness (QED) is 0.262. The molecule has 3 fully saturated rings. The van der Waals surface area contributed by atoms with Crippen LogP contribution in [0.4, 0.5) is 0 Å². The first-order valence-corrected chi connectivity index (χ1v) is 16.6. The molecule has 0 radical (unpaired) electrons. The molecule has 2 unspecified atom stereocenters. The summed E-state index contributed by atoms with van der Waals surface area (Å²) >= 11 is 0. The van der Waals surface area contributed by atoms with Gasteiger partial charge in [-0.3, -0.25) is 9.59 Å². The van der Waals surface area contributed by atoms with Crippen molar-refractivity contribution >= 4 is 11.8 Å². The molecule has 3 bridgehead atoms. The van der Waals surface area contributed by atoms with E-state index in [0.29, 0.717) is 36.0 Å². The third-order valence-corrected chi connectivity index (χ3v) is 11.7. The molecular weight excluding hydrogens is 596 g/mol. The molecule has 1 saturated carbocycles. The lowest BCUT2D eigenvalue weighted by Gasteiger charge is -2.61. The van der Waals surface area contributed by atoms with E-state index in [1.54, 1.807) is 19.1 Å². The minimum Gasteiger partial charge on any atom is -0.504 e. The van der Waals surface area contributed by atoms with Gasteiger partial charge in [0.25, 0.3) is 0 Å². The van der Waals surface area contributed by atoms with Gasteiger partial charge < -0.3 is 29.2 Å². The summed E-state index contributed by atoms with van der Waals surface area (Å²) in [4.78, 5) is 27.0. The lowest BCUT2D eigenvalue weighted by Crippen LogP contribution is -2.65. The predicted octanol–water partition coefficient (Wildman–Crippen LogP) is 5.80. The highest BCUT2D eigenvalue weighted by molar-refractivity contribution is 6.04. The van der Waals surface area contributed by atoms with E-state index in [4.69, 9.17) is 18.9 Å². The summed E-state index contributed by atoms with van der Waals surface area (Å²) in [7, 11) is 1.45. The summed E-state index contributed by atoms with van der Waals surface area (Å²) in [5, 5.41) is 22.5. The molecule has 8 nitrogen and oxygen atoms in total. The van der Waals surface area contributed by atoms with Crippen LogP contribution < -0.4 is 4.74 Å². The molecule has 0 spiro atoms. The maximum atomic E-state index is 13.9. The Balaban J connectivity index is 1.29. The molecular formula is C39H44O8. The number of ketones is 1. The molecule has 2 N–H and O–H groups in total. The van der Waals surface area contributed by atoms with E-state index < -0.39 is 34.3 Å². The van der Waals surface area contributed by atoms with Gasteiger partial charge in [0.15, 0.2) is 23.1 Å². The second-order valence-electron chi connectivity index (χ2n) is 14.4. The van der Waals surface area contributed by atoms with E-state index in [9.17, 15) is 19.8 Å². The van der Waals surface area contributed by atoms with Crippen molar-refractivity contribution in [3.63, 3.8) is 0 Å². The molecule has 8 heteroatoms. The predicted molar refractivity (Wildman–Crippen MR) is 175 cm³/mol. The topological polar surface area (TPSA) is 112 Å². The summed E-state index contributed by atoms with van der Waals surface area (Å²) < 4.78 is 25.3. The number of methoxy groups -OCH3 is 1. The maximum absolute atomic E-state index is 13.9. The Kier molecular flexibility index (Phi) is 7.58. The van der Waals surface area contributed by atoms with Crippen LogP contribution in [0.2, 0.25) is 0 Å². The van der Waals surface area contributed by atoms with Crippen LogP contribution in [0.5, 0.6) is 11.5 Å². The van der Waals surface area contributed by atoms with Crippen LogP contribution in [-0.4, -0.2) is 58.8 Å². The Labute approximate surface area is 276 Å². The van der Waals surface area contributed by atoms with Gasteiger partial charge in [0.2, 0.25) is 0 Å². The molecule has 7 rings (SSSR count). The molecule has 0 amide bonds. The first-order valence-electron chi connectivity index (χ1n) is 16.6. The Bertz CT molecular complexity index is 1690. The molecule has 2 aromatic carbocycles. The van der Waals surface area contributed by atoms with Gasteiger partial charge in [0.05, 0.1) is 13.5 Å². The number of Topliss-reactive ketones (excluding diaryl/α,β-unsaturated/α-hetero) is 1. The summed E-state index contributed by atoms with van der Waals surface area (Å²) in [5.74, 6) is -1.99. The number of hydrogen-bond acceptors (Lipinski definition) is 8. The Morgan fingerprint density at radius 1 is 1.13 bits per heavy atom. The zero-order chi connectivity index (χ0) is 33.4. The number of aromatic hydroxyl groups is 1. The standard InChI is InChI=1S/C39H44O8/c1-6-28-20-39(23(2)3)35-29-15-27(21-45-33(41)17-26-12-13-30(40)31(16-26)44-5)19-38(43)32(14-24(4)34(38)42)37(28,29)22-36(46-35,47-39)18-25-10-8-7-9-11-25/h7-16,28-29,32,35,40,43H,2,6,17-22H2,1,3-5H3/t28-,29+,32?,35-,36?,37+,38-,39-/m1/s1. The van der Waals surface area contributed by atoms with Gasteiger partial charge in [-0.05, 0) is 71.6 Å². The number of phenols is 1. The van der Waals surface area contributed by atoms with E-state index in [-0.39, 0.29) is 54.7 Å². The van der Waals surface area contributed by atoms with Crippen molar-refractivity contribution in [2.75, 3.05) is 13.7 Å². The first-order chi connectivity index (χ1) is 22.4. The highest BCUT2D eigenvalue weighted by Crippen LogP contribution is 2.73. The second kappa shape index (κ2) is 11.2. The van der Waals surface area contributed by atoms with Crippen LogP contribution in [0, 0.1) is 23.2 Å². The van der Waals surface area contributed by atoms with Crippen molar-refractivity contribution in [3.8, 4) is 11.5 Å². The van der Waals surface area contributed by atoms with Crippen LogP contribution in [0.3, 0.4) is 0 Å². The molecule has 2 aliphatic heterocycles. The molecule has 5 aliphatic rings. The molecule has 248 valence electrons. The number of carbonyl (C=O) groups is 2. The highest BCUT2D eigenvalue weighted by Gasteiger charge is 2.78. The number of ether oxygens (including phenoxy) is 4. The Hall–Kier alpha value is -3.72. The van der Waals surface area contributed by atoms with Crippen LogP contribution in [0.1, 0.15) is 57.6 Å². The molecule has 2 saturated heterocycles. The number of esters is 1. The molecule has 3 aliphatic carbocycles. The van der Waals surface area contributed by atoms with Crippen LogP contribution in [-0.2, 0) is 36.6 Å². The van der Waals surface area contributed by atoms with Crippen LogP contribution >= 0.6 is 0 Å². The number of phenolic OH excluding ortho intramolecular Hbond substituents is 1. The van der Waals surface area contributed by atoms with E-state index in [2.05, 4.69) is 31.7 Å². The Morgan fingerprint density at radius 2 is 1.89 bits per heavy atom. The highest BCUT2D eigenvalue weighted by atomic mass is 16.8. The van der Waals surface area contributed by atoms with Gasteiger partial charge in [0, 0.05) is 31.1 Å². The van der Waals surface area contributed by atoms with Gasteiger partial charge in [0.1, 0.15) is 23.9 Å². The monoisotopic (exact) mass is 640 g/mol. The van der Waals surface area contributed by atoms with Gasteiger partial charge >= 0.3 is 5.97 Å². The van der Waals surface area contributed by atoms with Crippen molar-refractivity contribution in [3.05, 3.63) is 95.1 Å². The summed E-state index contributed by atoms with van der Waals surface area (Å²) in [6.07, 6.45) is 6.39. The lowest BCUT2D eigenvalue weighted by atomic mass is 9.46. The van der Waals surface area contributed by atoms with Gasteiger partial charge in [-0.25, -0.2) is 0 Å². The minimum atomic E-state index is -1.68. The number of rotatable bonds is 9. The fraction of sp³-hybridized carbons (Fsp3) is 0.487. The molecule has 0 aromatic heterocycles. The number of carbonyl (C=O) groups excluding carboxylic acids is 2. The summed E-state index contributed by atoms with van der Waals surface area (Å²) in [6.45, 7) is 10.4. The summed E-state index contributed by atoms with van der Waals surface area (Å²) in [6, 6.07) is 14.9. The van der Waals surface area contributed by atoms with E-state index >= 15 is 0 Å². The number of benzene rings is 2. The zero-order valence-corrected chi connectivity index (χ0v) is 27.6. The van der Waals surface area contributed by atoms with E-state index in [0.717, 1.165) is 17.6 Å². The molecule has 8 atom stereocenters. The number of aliphatic hydroxyl groups is 1. The average molecular weight is 641 g/mol. The largest absolute Gasteiger partial charge is 0.504 e. The number of fused-ring (bicyclic) bond motifs is 2. The SMILES string of the molecule is C=C(C)[C@]12C[C@@H](CC)[C@@]34CC(Cc5ccccc5)(O[C@@H]1[C@@H]3C=C(COC(=O)Cc1ccc(O)c(OC)c1)C[C@]1(O)C(=O)C(C)=CC41)O2. The normalized spacial score (nSPS) is 36.6. The first kappa shape index (κ1) is 31.9. The fourth-order valence-corrected chi connectivity index (χ4v) is 9.79. The zero-order valence-electron chi connectivity index (χ0n) is 27.6. The van der Waals surface area contributed by atoms with Gasteiger partial charge in [-0.15, -0.1) is 0 Å². The smallest absolute Gasteiger partial charge is 0.310 e. The minimum absolute atomic E-state index is 0.0133. The lowest BCUT2D eigenvalue weighted by molar-refractivity contribution is -0.250. The number of hydrogen-bond donors (Lipinski definition) is 2. The van der Waals surface area contributed by atoms with Gasteiger partial charge in [-0.2, -0.15) is 0 Å². The van der Waals surface area contributed by atoms with Crippen LogP contribution in [0.25, 0.3) is 0 Å². The summed E-state index contributed by atoms with van der Waals surface area (Å²) in [5.41, 5.74) is 0.935.